The van der Waals surface area contributed by atoms with Crippen molar-refractivity contribution < 1.29 is 23.0 Å². The highest BCUT2D eigenvalue weighted by Crippen LogP contribution is 2.23. The highest BCUT2D eigenvalue weighted by molar-refractivity contribution is 5.41. The van der Waals surface area contributed by atoms with Crippen LogP contribution in [0.5, 0.6) is 5.75 Å². The summed E-state index contributed by atoms with van der Waals surface area (Å²) in [7, 11) is 0. The molecule has 124 valence electrons. The predicted octanol–water partition coefficient (Wildman–Crippen LogP) is 1.87. The molecule has 1 aromatic heterocycles. The molecule has 0 saturated carbocycles. The van der Waals surface area contributed by atoms with E-state index < -0.39 is 6.36 Å². The maximum atomic E-state index is 12.1. The van der Waals surface area contributed by atoms with Crippen molar-refractivity contribution in [3.8, 4) is 5.75 Å². The molecule has 0 aromatic carbocycles. The van der Waals surface area contributed by atoms with E-state index in [0.717, 1.165) is 38.8 Å². The molecule has 5 nitrogen and oxygen atoms in total. The normalized spacial score (nSPS) is 18.3. The van der Waals surface area contributed by atoms with Crippen molar-refractivity contribution in [1.29, 1.82) is 0 Å². The molecule has 8 heteroatoms. The van der Waals surface area contributed by atoms with E-state index in [1.807, 2.05) is 11.8 Å². The Bertz CT molecular complexity index is 459. The number of pyridine rings is 1. The number of rotatable bonds is 5. The fourth-order valence-electron chi connectivity index (χ4n) is 2.34. The number of aromatic nitrogens is 1. The van der Waals surface area contributed by atoms with Crippen LogP contribution in [0, 0.1) is 0 Å². The Kier molecular flexibility index (Phi) is 5.47. The highest BCUT2D eigenvalue weighted by atomic mass is 19.4. The minimum Gasteiger partial charge on any atom is -0.404 e. The van der Waals surface area contributed by atoms with Crippen molar-refractivity contribution in [1.82, 2.24) is 9.88 Å². The quantitative estimate of drug-likeness (QED) is 0.898. The lowest BCUT2D eigenvalue weighted by Crippen LogP contribution is -2.48. The Balaban J connectivity index is 1.86. The number of aliphatic hydroxyl groups excluding tert-OH is 1. The molecule has 0 amide bonds. The number of β-amino-alcohol motifs (C(OH)–C–C–N with tert-alkyl or cyclic N) is 1. The zero-order chi connectivity index (χ0) is 16.2. The number of ether oxygens (including phenoxy) is 1. The lowest BCUT2D eigenvalue weighted by atomic mass is 10.2. The van der Waals surface area contributed by atoms with E-state index in [9.17, 15) is 18.3 Å². The molecule has 1 unspecified atom stereocenters. The van der Waals surface area contributed by atoms with Crippen molar-refractivity contribution in [2.75, 3.05) is 37.6 Å². The van der Waals surface area contributed by atoms with Crippen LogP contribution in [-0.4, -0.2) is 60.2 Å². The minimum atomic E-state index is -4.70. The Morgan fingerprint density at radius 2 is 1.95 bits per heavy atom. The third-order valence-corrected chi connectivity index (χ3v) is 3.59. The number of halogens is 3. The van der Waals surface area contributed by atoms with Gasteiger partial charge < -0.3 is 14.7 Å². The molecule has 1 atom stereocenters. The minimum absolute atomic E-state index is 0.316. The average molecular weight is 319 g/mol. The molecule has 1 aliphatic rings. The van der Waals surface area contributed by atoms with Crippen molar-refractivity contribution >= 4 is 5.82 Å². The zero-order valence-electron chi connectivity index (χ0n) is 12.4. The monoisotopic (exact) mass is 319 g/mol. The number of aliphatic hydroxyl groups is 1. The Hall–Kier alpha value is -1.54. The van der Waals surface area contributed by atoms with Crippen molar-refractivity contribution in [2.24, 2.45) is 0 Å². The largest absolute Gasteiger partial charge is 0.573 e. The van der Waals surface area contributed by atoms with Gasteiger partial charge in [0.05, 0.1) is 12.3 Å². The van der Waals surface area contributed by atoms with Crippen LogP contribution in [0.2, 0.25) is 0 Å². The fraction of sp³-hybridized carbons (Fsp3) is 0.643. The summed E-state index contributed by atoms with van der Waals surface area (Å²) in [6, 6.07) is 2.79. The van der Waals surface area contributed by atoms with E-state index >= 15 is 0 Å². The van der Waals surface area contributed by atoms with Gasteiger partial charge in [-0.3, -0.25) is 4.90 Å². The van der Waals surface area contributed by atoms with Crippen molar-refractivity contribution in [3.05, 3.63) is 18.3 Å². The van der Waals surface area contributed by atoms with Crippen LogP contribution in [0.15, 0.2) is 18.3 Å². The molecule has 0 aliphatic carbocycles. The SMILES string of the molecule is CCC(O)CN1CCN(c2ccc(OC(F)(F)F)cn2)CC1. The van der Waals surface area contributed by atoms with E-state index in [-0.39, 0.29) is 11.9 Å². The maximum absolute atomic E-state index is 12.1. The number of piperazine rings is 1. The maximum Gasteiger partial charge on any atom is 0.573 e. The van der Waals surface area contributed by atoms with Gasteiger partial charge in [0.25, 0.3) is 0 Å². The van der Waals surface area contributed by atoms with Crippen LogP contribution < -0.4 is 9.64 Å². The van der Waals surface area contributed by atoms with Crippen LogP contribution in [0.25, 0.3) is 0 Å². The first-order chi connectivity index (χ1) is 10.4. The number of alkyl halides is 3. The average Bonchev–Trinajstić information content (AvgIpc) is 2.47. The molecule has 1 saturated heterocycles. The van der Waals surface area contributed by atoms with Crippen molar-refractivity contribution in [3.63, 3.8) is 0 Å². The fourth-order valence-corrected chi connectivity index (χ4v) is 2.34. The summed E-state index contributed by atoms with van der Waals surface area (Å²) in [4.78, 5) is 8.20. The molecule has 0 radical (unpaired) electrons. The van der Waals surface area contributed by atoms with Gasteiger partial charge in [-0.2, -0.15) is 0 Å². The van der Waals surface area contributed by atoms with E-state index in [1.165, 1.54) is 12.1 Å². The molecule has 1 fully saturated rings. The third kappa shape index (κ3) is 5.03. The topological polar surface area (TPSA) is 48.8 Å². The molecule has 1 N–H and O–H groups in total. The van der Waals surface area contributed by atoms with E-state index in [2.05, 4.69) is 14.6 Å². The van der Waals surface area contributed by atoms with Gasteiger partial charge in [0.15, 0.2) is 0 Å². The Morgan fingerprint density at radius 3 is 2.45 bits per heavy atom. The number of nitrogens with zero attached hydrogens (tertiary/aromatic N) is 3. The molecule has 0 spiro atoms. The summed E-state index contributed by atoms with van der Waals surface area (Å²) in [6.45, 7) is 5.62. The Labute approximate surface area is 127 Å². The summed E-state index contributed by atoms with van der Waals surface area (Å²) in [5, 5.41) is 9.64. The molecule has 2 heterocycles. The van der Waals surface area contributed by atoms with Crippen LogP contribution >= 0.6 is 0 Å². The van der Waals surface area contributed by atoms with Crippen LogP contribution in [0.4, 0.5) is 19.0 Å². The first kappa shape index (κ1) is 16.8. The predicted molar refractivity (Wildman–Crippen MR) is 75.9 cm³/mol. The second-order valence-corrected chi connectivity index (χ2v) is 5.25. The van der Waals surface area contributed by atoms with Gasteiger partial charge in [-0.05, 0) is 18.6 Å². The van der Waals surface area contributed by atoms with Crippen LogP contribution in [0.1, 0.15) is 13.3 Å². The molecule has 1 aromatic rings. The number of anilines is 1. The number of hydrogen-bond acceptors (Lipinski definition) is 5. The molecule has 22 heavy (non-hydrogen) atoms. The molecule has 1 aliphatic heterocycles. The lowest BCUT2D eigenvalue weighted by molar-refractivity contribution is -0.274. The van der Waals surface area contributed by atoms with Gasteiger partial charge in [0.2, 0.25) is 0 Å². The zero-order valence-corrected chi connectivity index (χ0v) is 12.4. The highest BCUT2D eigenvalue weighted by Gasteiger charge is 2.31. The summed E-state index contributed by atoms with van der Waals surface area (Å²) in [6.07, 6.45) is -3.21. The molecular formula is C14H20F3N3O2. The van der Waals surface area contributed by atoms with Gasteiger partial charge >= 0.3 is 6.36 Å². The second-order valence-electron chi connectivity index (χ2n) is 5.25. The van der Waals surface area contributed by atoms with Gasteiger partial charge in [-0.25, -0.2) is 4.98 Å². The summed E-state index contributed by atoms with van der Waals surface area (Å²) >= 11 is 0. The molecule has 2 rings (SSSR count). The van der Waals surface area contributed by atoms with E-state index in [1.54, 1.807) is 0 Å². The van der Waals surface area contributed by atoms with Gasteiger partial charge in [0, 0.05) is 32.7 Å². The summed E-state index contributed by atoms with van der Waals surface area (Å²) in [5.41, 5.74) is 0. The Morgan fingerprint density at radius 1 is 1.27 bits per heavy atom. The van der Waals surface area contributed by atoms with Gasteiger partial charge in [-0.15, -0.1) is 13.2 Å². The lowest BCUT2D eigenvalue weighted by Gasteiger charge is -2.36. The standard InChI is InChI=1S/C14H20F3N3O2/c1-2-11(21)10-19-5-7-20(8-6-19)13-4-3-12(9-18-13)22-14(15,16)17/h3-4,9,11,21H,2,5-8,10H2,1H3. The second kappa shape index (κ2) is 7.15. The smallest absolute Gasteiger partial charge is 0.404 e. The van der Waals surface area contributed by atoms with Gasteiger partial charge in [-0.1, -0.05) is 6.92 Å². The van der Waals surface area contributed by atoms with Crippen LogP contribution in [0.3, 0.4) is 0 Å². The molecule has 0 bridgehead atoms. The van der Waals surface area contributed by atoms with Gasteiger partial charge in [0.1, 0.15) is 11.6 Å². The first-order valence-electron chi connectivity index (χ1n) is 7.24. The number of hydrogen-bond donors (Lipinski definition) is 1. The molecular weight excluding hydrogens is 299 g/mol. The summed E-state index contributed by atoms with van der Waals surface area (Å²) in [5.74, 6) is 0.311. The van der Waals surface area contributed by atoms with E-state index in [4.69, 9.17) is 0 Å². The van der Waals surface area contributed by atoms with Crippen molar-refractivity contribution in [2.45, 2.75) is 25.8 Å². The van der Waals surface area contributed by atoms with E-state index in [0.29, 0.717) is 12.4 Å². The summed E-state index contributed by atoms with van der Waals surface area (Å²) < 4.78 is 40.1. The first-order valence-corrected chi connectivity index (χ1v) is 7.24. The van der Waals surface area contributed by atoms with Crippen LogP contribution in [-0.2, 0) is 0 Å². The third-order valence-electron chi connectivity index (χ3n) is 3.59.